The van der Waals surface area contributed by atoms with Crippen LogP contribution in [0.15, 0.2) is 77.8 Å². The Morgan fingerprint density at radius 3 is 2.75 bits per heavy atom. The van der Waals surface area contributed by atoms with E-state index in [4.69, 9.17) is 14.9 Å². The lowest BCUT2D eigenvalue weighted by atomic mass is 10.1. The number of hydrogen-bond acceptors (Lipinski definition) is 5. The summed E-state index contributed by atoms with van der Waals surface area (Å²) in [5, 5.41) is 0.818. The molecule has 0 unspecified atom stereocenters. The van der Waals surface area contributed by atoms with Crippen molar-refractivity contribution < 1.29 is 9.15 Å². The smallest absolute Gasteiger partial charge is 0.230 e. The molecule has 4 heterocycles. The van der Waals surface area contributed by atoms with Gasteiger partial charge in [-0.15, -0.1) is 0 Å². The fourth-order valence-electron chi connectivity index (χ4n) is 3.07. The van der Waals surface area contributed by atoms with Crippen molar-refractivity contribution in [1.82, 2.24) is 14.4 Å². The van der Waals surface area contributed by atoms with E-state index in [-0.39, 0.29) is 0 Å². The van der Waals surface area contributed by atoms with Crippen LogP contribution < -0.4 is 10.5 Å². The average Bonchev–Trinajstić information content (AvgIpc) is 3.39. The zero-order valence-corrected chi connectivity index (χ0v) is 15.7. The Morgan fingerprint density at radius 2 is 1.89 bits per heavy atom. The number of hydrogen-bond donors (Lipinski definition) is 1. The average molecular weight is 372 g/mol. The Balaban J connectivity index is 0.000000932. The second-order valence-corrected chi connectivity index (χ2v) is 5.87. The van der Waals surface area contributed by atoms with Crippen LogP contribution in [0.3, 0.4) is 0 Å². The van der Waals surface area contributed by atoms with Crippen LogP contribution in [0, 0.1) is 0 Å². The van der Waals surface area contributed by atoms with Crippen LogP contribution in [0.1, 0.15) is 13.8 Å². The molecular formula is C22H20N4O2. The van der Waals surface area contributed by atoms with Gasteiger partial charge in [0, 0.05) is 35.9 Å². The number of furan rings is 1. The minimum Gasteiger partial charge on any atom is -0.464 e. The molecule has 1 aromatic carbocycles. The minimum atomic E-state index is 0.486. The first kappa shape index (κ1) is 17.6. The maximum absolute atomic E-state index is 6.31. The molecule has 4 aromatic heterocycles. The fraction of sp³-hybridized carbons (Fsp3) is 0.0909. The van der Waals surface area contributed by atoms with E-state index in [9.17, 15) is 0 Å². The number of rotatable bonds is 3. The normalized spacial score (nSPS) is 10.6. The van der Waals surface area contributed by atoms with Crippen molar-refractivity contribution in [3.05, 3.63) is 73.4 Å². The summed E-state index contributed by atoms with van der Waals surface area (Å²) in [4.78, 5) is 8.60. The van der Waals surface area contributed by atoms with E-state index in [2.05, 4.69) is 9.97 Å². The van der Waals surface area contributed by atoms with E-state index in [1.807, 2.05) is 60.8 Å². The van der Waals surface area contributed by atoms with Crippen molar-refractivity contribution in [2.75, 3.05) is 5.73 Å². The lowest BCUT2D eigenvalue weighted by Crippen LogP contribution is -1.96. The summed E-state index contributed by atoms with van der Waals surface area (Å²) in [6, 6.07) is 15.2. The summed E-state index contributed by atoms with van der Waals surface area (Å²) >= 11 is 0. The molecule has 0 fully saturated rings. The summed E-state index contributed by atoms with van der Waals surface area (Å²) in [5.74, 6) is 1.10. The van der Waals surface area contributed by atoms with E-state index >= 15 is 0 Å². The van der Waals surface area contributed by atoms with Gasteiger partial charge in [0.1, 0.15) is 17.0 Å². The van der Waals surface area contributed by atoms with E-state index in [0.29, 0.717) is 17.3 Å². The summed E-state index contributed by atoms with van der Waals surface area (Å²) in [5.41, 5.74) is 10.4. The molecule has 5 aromatic rings. The molecule has 6 heteroatoms. The molecule has 140 valence electrons. The highest BCUT2D eigenvalue weighted by Gasteiger charge is 2.11. The molecular weight excluding hydrogens is 352 g/mol. The van der Waals surface area contributed by atoms with Gasteiger partial charge in [0.2, 0.25) is 5.88 Å². The number of nitrogens with zero attached hydrogens (tertiary/aromatic N) is 3. The summed E-state index contributed by atoms with van der Waals surface area (Å²) in [6.07, 6.45) is 6.95. The molecule has 0 aliphatic rings. The number of fused-ring (bicyclic) bond motifs is 2. The van der Waals surface area contributed by atoms with Crippen molar-refractivity contribution in [3.8, 4) is 22.9 Å². The molecule has 5 rings (SSSR count). The topological polar surface area (TPSA) is 78.6 Å². The highest BCUT2D eigenvalue weighted by atomic mass is 16.5. The molecule has 0 saturated carbocycles. The number of imidazole rings is 1. The monoisotopic (exact) mass is 372 g/mol. The first-order valence-electron chi connectivity index (χ1n) is 9.12. The van der Waals surface area contributed by atoms with Gasteiger partial charge in [-0.2, -0.15) is 0 Å². The van der Waals surface area contributed by atoms with Crippen LogP contribution in [0.2, 0.25) is 0 Å². The summed E-state index contributed by atoms with van der Waals surface area (Å²) < 4.78 is 13.3. The van der Waals surface area contributed by atoms with Crippen molar-refractivity contribution >= 4 is 22.3 Å². The van der Waals surface area contributed by atoms with Gasteiger partial charge >= 0.3 is 0 Å². The number of ether oxygens (including phenoxy) is 1. The van der Waals surface area contributed by atoms with E-state index < -0.39 is 0 Å². The molecule has 0 saturated heterocycles. The first-order chi connectivity index (χ1) is 13.8. The molecule has 0 atom stereocenters. The molecule has 6 nitrogen and oxygen atoms in total. The first-order valence-corrected chi connectivity index (χ1v) is 9.12. The number of nitrogen functional groups attached to an aromatic ring is 1. The maximum atomic E-state index is 6.31. The zero-order valence-electron chi connectivity index (χ0n) is 15.7. The third-order valence-electron chi connectivity index (χ3n) is 4.29. The Kier molecular flexibility index (Phi) is 4.68. The molecule has 2 N–H and O–H groups in total. The largest absolute Gasteiger partial charge is 0.464 e. The van der Waals surface area contributed by atoms with Crippen LogP contribution in [-0.4, -0.2) is 14.4 Å². The number of aromatic nitrogens is 3. The lowest BCUT2D eigenvalue weighted by molar-refractivity contribution is 0.469. The standard InChI is InChI=1S/C20H14N4O2.C2H6/c21-16-12-13(26-20-15-7-11-25-18(15)6-8-23-20)4-5-14(16)17-2-1-3-19-22-9-10-24(17)19;1-2/h1-12H,21H2;1-2H3. The zero-order chi connectivity index (χ0) is 19.5. The fourth-order valence-corrected chi connectivity index (χ4v) is 3.07. The second kappa shape index (κ2) is 7.44. The van der Waals surface area contributed by atoms with Gasteiger partial charge < -0.3 is 14.9 Å². The highest BCUT2D eigenvalue weighted by Crippen LogP contribution is 2.33. The lowest BCUT2D eigenvalue weighted by Gasteiger charge is -2.11. The van der Waals surface area contributed by atoms with Crippen molar-refractivity contribution in [3.63, 3.8) is 0 Å². The van der Waals surface area contributed by atoms with Gasteiger partial charge in [-0.1, -0.05) is 19.9 Å². The van der Waals surface area contributed by atoms with Crippen molar-refractivity contribution in [2.24, 2.45) is 0 Å². The number of anilines is 1. The Hall–Kier alpha value is -3.80. The van der Waals surface area contributed by atoms with Gasteiger partial charge in [0.15, 0.2) is 0 Å². The van der Waals surface area contributed by atoms with Crippen molar-refractivity contribution in [1.29, 1.82) is 0 Å². The van der Waals surface area contributed by atoms with E-state index in [0.717, 1.165) is 27.9 Å². The predicted molar refractivity (Wildman–Crippen MR) is 110 cm³/mol. The molecule has 0 aliphatic carbocycles. The summed E-state index contributed by atoms with van der Waals surface area (Å²) in [7, 11) is 0. The Labute approximate surface area is 162 Å². The minimum absolute atomic E-state index is 0.486. The van der Waals surface area contributed by atoms with Crippen LogP contribution in [0.25, 0.3) is 27.9 Å². The molecule has 0 amide bonds. The van der Waals surface area contributed by atoms with Crippen LogP contribution in [0.5, 0.6) is 11.6 Å². The van der Waals surface area contributed by atoms with Gasteiger partial charge in [-0.25, -0.2) is 9.97 Å². The Bertz CT molecular complexity index is 1240. The quantitative estimate of drug-likeness (QED) is 0.420. The number of nitrogens with two attached hydrogens (primary N) is 1. The van der Waals surface area contributed by atoms with Crippen LogP contribution in [0.4, 0.5) is 5.69 Å². The Morgan fingerprint density at radius 1 is 1.00 bits per heavy atom. The molecule has 0 bridgehead atoms. The number of pyridine rings is 2. The SMILES string of the molecule is CC.Nc1cc(Oc2nccc3occc23)ccc1-c1cccc2nccn12. The van der Waals surface area contributed by atoms with Gasteiger partial charge in [-0.05, 0) is 36.4 Å². The number of benzene rings is 1. The molecule has 0 radical (unpaired) electrons. The third-order valence-corrected chi connectivity index (χ3v) is 4.29. The van der Waals surface area contributed by atoms with Gasteiger partial charge in [0.25, 0.3) is 0 Å². The second-order valence-electron chi connectivity index (χ2n) is 5.87. The van der Waals surface area contributed by atoms with Crippen molar-refractivity contribution in [2.45, 2.75) is 13.8 Å². The summed E-state index contributed by atoms with van der Waals surface area (Å²) in [6.45, 7) is 4.00. The maximum Gasteiger partial charge on any atom is 0.230 e. The van der Waals surface area contributed by atoms with Gasteiger partial charge in [0.05, 0.1) is 17.3 Å². The van der Waals surface area contributed by atoms with E-state index in [1.54, 1.807) is 30.8 Å². The molecule has 0 spiro atoms. The third kappa shape index (κ3) is 3.05. The van der Waals surface area contributed by atoms with Crippen LogP contribution in [-0.2, 0) is 0 Å². The highest BCUT2D eigenvalue weighted by molar-refractivity contribution is 5.82. The molecule has 28 heavy (non-hydrogen) atoms. The van der Waals surface area contributed by atoms with Crippen LogP contribution >= 0.6 is 0 Å². The molecule has 0 aliphatic heterocycles. The van der Waals surface area contributed by atoms with E-state index in [1.165, 1.54) is 0 Å². The predicted octanol–water partition coefficient (Wildman–Crippen LogP) is 5.54. The van der Waals surface area contributed by atoms with Gasteiger partial charge in [-0.3, -0.25) is 4.40 Å².